The molecule has 0 spiro atoms. The molecule has 2 aromatic rings. The van der Waals surface area contributed by atoms with Gasteiger partial charge in [-0.2, -0.15) is 0 Å². The number of benzene rings is 2. The Balaban J connectivity index is 2.05. The van der Waals surface area contributed by atoms with Crippen molar-refractivity contribution < 1.29 is 4.79 Å². The fourth-order valence-corrected chi connectivity index (χ4v) is 3.76. The summed E-state index contributed by atoms with van der Waals surface area (Å²) in [6, 6.07) is 15.1. The van der Waals surface area contributed by atoms with Crippen LogP contribution in [0.1, 0.15) is 10.9 Å². The number of carbonyl (C=O) groups is 1. The van der Waals surface area contributed by atoms with Crippen molar-refractivity contribution >= 4 is 46.6 Å². The molecule has 2 nitrogen and oxygen atoms in total. The number of amides is 1. The molecule has 2 aromatic carbocycles. The molecule has 102 valence electrons. The number of nitrogens with zero attached hydrogens (tertiary/aromatic N) is 1. The summed E-state index contributed by atoms with van der Waals surface area (Å²) in [5, 5.41) is 1.05. The van der Waals surface area contributed by atoms with Crippen molar-refractivity contribution in [2.45, 2.75) is 5.37 Å². The number of halogens is 2. The number of carbonyl (C=O) groups excluding carboxylic acids is 1. The van der Waals surface area contributed by atoms with E-state index >= 15 is 0 Å². The van der Waals surface area contributed by atoms with Crippen LogP contribution in [0.5, 0.6) is 0 Å². The van der Waals surface area contributed by atoms with Crippen molar-refractivity contribution in [3.63, 3.8) is 0 Å². The van der Waals surface area contributed by atoms with Crippen molar-refractivity contribution in [2.24, 2.45) is 0 Å². The van der Waals surface area contributed by atoms with E-state index in [0.29, 0.717) is 21.5 Å². The van der Waals surface area contributed by atoms with Gasteiger partial charge >= 0.3 is 0 Å². The van der Waals surface area contributed by atoms with Crippen molar-refractivity contribution in [1.29, 1.82) is 0 Å². The maximum absolute atomic E-state index is 12.2. The number of thioether (sulfide) groups is 1. The normalized spacial score (nSPS) is 18.6. The van der Waals surface area contributed by atoms with Crippen LogP contribution in [0.25, 0.3) is 0 Å². The van der Waals surface area contributed by atoms with Crippen LogP contribution in [0, 0.1) is 0 Å². The monoisotopic (exact) mass is 323 g/mol. The second kappa shape index (κ2) is 5.68. The first-order valence-corrected chi connectivity index (χ1v) is 7.91. The standard InChI is InChI=1S/C15H11Cl2NOS/c16-11-6-7-12(17)13(8-11)18-14(19)9-20-15(18)10-4-2-1-3-5-10/h1-8,15H,9H2. The molecular weight excluding hydrogens is 313 g/mol. The van der Waals surface area contributed by atoms with Crippen LogP contribution in [0.4, 0.5) is 5.69 Å². The quantitative estimate of drug-likeness (QED) is 0.793. The molecule has 1 atom stereocenters. The van der Waals surface area contributed by atoms with E-state index in [9.17, 15) is 4.79 Å². The van der Waals surface area contributed by atoms with Gasteiger partial charge < -0.3 is 0 Å². The maximum atomic E-state index is 12.2. The first kappa shape index (κ1) is 13.8. The SMILES string of the molecule is O=C1CSC(c2ccccc2)N1c1cc(Cl)ccc1Cl. The summed E-state index contributed by atoms with van der Waals surface area (Å²) in [7, 11) is 0. The molecule has 1 amide bonds. The molecule has 1 saturated heterocycles. The first-order chi connectivity index (χ1) is 9.66. The molecule has 20 heavy (non-hydrogen) atoms. The Bertz CT molecular complexity index is 648. The van der Waals surface area contributed by atoms with Crippen molar-refractivity contribution in [2.75, 3.05) is 10.7 Å². The molecule has 0 saturated carbocycles. The van der Waals surface area contributed by atoms with E-state index in [1.54, 1.807) is 34.9 Å². The Labute approximate surface area is 131 Å². The lowest BCUT2D eigenvalue weighted by Gasteiger charge is -2.25. The minimum atomic E-state index is -0.0559. The van der Waals surface area contributed by atoms with Crippen LogP contribution in [0.15, 0.2) is 48.5 Å². The second-order valence-electron chi connectivity index (χ2n) is 4.43. The van der Waals surface area contributed by atoms with E-state index in [0.717, 1.165) is 5.56 Å². The van der Waals surface area contributed by atoms with Gasteiger partial charge in [0.1, 0.15) is 5.37 Å². The van der Waals surface area contributed by atoms with Gasteiger partial charge in [-0.05, 0) is 23.8 Å². The second-order valence-corrected chi connectivity index (χ2v) is 6.35. The Kier molecular flexibility index (Phi) is 3.92. The van der Waals surface area contributed by atoms with Crippen molar-refractivity contribution in [3.8, 4) is 0 Å². The minimum absolute atomic E-state index is 0.0491. The van der Waals surface area contributed by atoms with Crippen LogP contribution >= 0.6 is 35.0 Å². The van der Waals surface area contributed by atoms with Crippen LogP contribution in [-0.2, 0) is 4.79 Å². The van der Waals surface area contributed by atoms with Gasteiger partial charge in [0.2, 0.25) is 5.91 Å². The Morgan fingerprint density at radius 3 is 2.60 bits per heavy atom. The molecule has 1 unspecified atom stereocenters. The van der Waals surface area contributed by atoms with Gasteiger partial charge in [-0.1, -0.05) is 53.5 Å². The number of rotatable bonds is 2. The fraction of sp³-hybridized carbons (Fsp3) is 0.133. The van der Waals surface area contributed by atoms with Crippen LogP contribution in [0.3, 0.4) is 0 Å². The van der Waals surface area contributed by atoms with E-state index in [1.807, 2.05) is 30.3 Å². The predicted molar refractivity (Wildman–Crippen MR) is 85.6 cm³/mol. The third-order valence-electron chi connectivity index (χ3n) is 3.12. The largest absolute Gasteiger partial charge is 0.293 e. The Hall–Kier alpha value is -1.16. The summed E-state index contributed by atoms with van der Waals surface area (Å²) in [5.74, 6) is 0.496. The fourth-order valence-electron chi connectivity index (χ4n) is 2.22. The van der Waals surface area contributed by atoms with E-state index in [1.165, 1.54) is 0 Å². The highest BCUT2D eigenvalue weighted by Crippen LogP contribution is 2.44. The van der Waals surface area contributed by atoms with Gasteiger partial charge in [-0.15, -0.1) is 11.8 Å². The molecule has 1 heterocycles. The highest BCUT2D eigenvalue weighted by Gasteiger charge is 2.35. The molecule has 5 heteroatoms. The highest BCUT2D eigenvalue weighted by atomic mass is 35.5. The van der Waals surface area contributed by atoms with Gasteiger partial charge in [-0.25, -0.2) is 0 Å². The zero-order valence-corrected chi connectivity index (χ0v) is 12.8. The molecule has 0 aromatic heterocycles. The third-order valence-corrected chi connectivity index (χ3v) is 4.89. The molecule has 1 aliphatic heterocycles. The number of hydrogen-bond acceptors (Lipinski definition) is 2. The van der Waals surface area contributed by atoms with Crippen LogP contribution in [-0.4, -0.2) is 11.7 Å². The molecule has 0 aliphatic carbocycles. The molecule has 0 bridgehead atoms. The molecule has 0 radical (unpaired) electrons. The van der Waals surface area contributed by atoms with Gasteiger partial charge in [-0.3, -0.25) is 9.69 Å². The topological polar surface area (TPSA) is 20.3 Å². The average molecular weight is 324 g/mol. The third kappa shape index (κ3) is 2.53. The average Bonchev–Trinajstić information content (AvgIpc) is 2.84. The highest BCUT2D eigenvalue weighted by molar-refractivity contribution is 8.00. The summed E-state index contributed by atoms with van der Waals surface area (Å²) in [5.41, 5.74) is 1.75. The van der Waals surface area contributed by atoms with Crippen molar-refractivity contribution in [3.05, 3.63) is 64.1 Å². The number of anilines is 1. The zero-order chi connectivity index (χ0) is 14.1. The summed E-state index contributed by atoms with van der Waals surface area (Å²) < 4.78 is 0. The van der Waals surface area contributed by atoms with E-state index in [4.69, 9.17) is 23.2 Å². The van der Waals surface area contributed by atoms with E-state index in [-0.39, 0.29) is 11.3 Å². The lowest BCUT2D eigenvalue weighted by atomic mass is 10.2. The number of hydrogen-bond donors (Lipinski definition) is 0. The summed E-state index contributed by atoms with van der Waals surface area (Å²) in [6.45, 7) is 0. The zero-order valence-electron chi connectivity index (χ0n) is 10.4. The van der Waals surface area contributed by atoms with E-state index < -0.39 is 0 Å². The van der Waals surface area contributed by atoms with Crippen molar-refractivity contribution in [1.82, 2.24) is 0 Å². The van der Waals surface area contributed by atoms with Crippen LogP contribution in [0.2, 0.25) is 10.0 Å². The van der Waals surface area contributed by atoms with Gasteiger partial charge in [0.15, 0.2) is 0 Å². The van der Waals surface area contributed by atoms with Crippen LogP contribution < -0.4 is 4.90 Å². The predicted octanol–water partition coefficient (Wildman–Crippen LogP) is 4.77. The summed E-state index contributed by atoms with van der Waals surface area (Å²) in [4.78, 5) is 14.0. The van der Waals surface area contributed by atoms with Gasteiger partial charge in [0.25, 0.3) is 0 Å². The lowest BCUT2D eigenvalue weighted by molar-refractivity contribution is -0.115. The lowest BCUT2D eigenvalue weighted by Crippen LogP contribution is -2.28. The smallest absolute Gasteiger partial charge is 0.238 e. The molecule has 1 fully saturated rings. The first-order valence-electron chi connectivity index (χ1n) is 6.10. The molecule has 1 aliphatic rings. The van der Waals surface area contributed by atoms with E-state index in [2.05, 4.69) is 0 Å². The molecule has 3 rings (SSSR count). The Morgan fingerprint density at radius 2 is 1.85 bits per heavy atom. The molecule has 0 N–H and O–H groups in total. The Morgan fingerprint density at radius 1 is 1.10 bits per heavy atom. The maximum Gasteiger partial charge on any atom is 0.238 e. The summed E-state index contributed by atoms with van der Waals surface area (Å²) >= 11 is 13.9. The molecular formula is C15H11Cl2NOS. The minimum Gasteiger partial charge on any atom is -0.293 e. The summed E-state index contributed by atoms with van der Waals surface area (Å²) in [6.07, 6.45) is 0. The van der Waals surface area contributed by atoms with Gasteiger partial charge in [0, 0.05) is 5.02 Å². The van der Waals surface area contributed by atoms with Gasteiger partial charge in [0.05, 0.1) is 16.5 Å².